The number of nitrogens with one attached hydrogen (secondary N) is 2. The van der Waals surface area contributed by atoms with Gasteiger partial charge in [-0.05, 0) is 37.6 Å². The van der Waals surface area contributed by atoms with Gasteiger partial charge >= 0.3 is 6.03 Å². The lowest BCUT2D eigenvalue weighted by atomic mass is 9.94. The van der Waals surface area contributed by atoms with E-state index in [1.54, 1.807) is 12.1 Å². The number of fused-ring (bicyclic) bond motifs is 1. The fraction of sp³-hybridized carbons (Fsp3) is 0.300. The SMILES string of the molecule is C[C@H](NC(=O)N[C@H](C)[C@H]1COc2ccccc21)c1ccc(C#N)cc1. The van der Waals surface area contributed by atoms with Gasteiger partial charge in [-0.25, -0.2) is 4.79 Å². The van der Waals surface area contributed by atoms with Crippen LogP contribution in [0.1, 0.15) is 42.5 Å². The van der Waals surface area contributed by atoms with Gasteiger partial charge in [0.15, 0.2) is 0 Å². The van der Waals surface area contributed by atoms with Crippen LogP contribution in [0, 0.1) is 11.3 Å². The third-order valence-corrected chi connectivity index (χ3v) is 4.59. The molecule has 5 nitrogen and oxygen atoms in total. The van der Waals surface area contributed by atoms with E-state index >= 15 is 0 Å². The first-order valence-corrected chi connectivity index (χ1v) is 8.37. The lowest BCUT2D eigenvalue weighted by Crippen LogP contribution is -2.44. The summed E-state index contributed by atoms with van der Waals surface area (Å²) < 4.78 is 5.69. The van der Waals surface area contributed by atoms with Crippen molar-refractivity contribution in [2.45, 2.75) is 31.8 Å². The molecule has 0 aliphatic carbocycles. The van der Waals surface area contributed by atoms with Crippen molar-refractivity contribution in [2.75, 3.05) is 6.61 Å². The van der Waals surface area contributed by atoms with Crippen LogP contribution in [0.4, 0.5) is 4.79 Å². The van der Waals surface area contributed by atoms with Gasteiger partial charge in [0, 0.05) is 17.5 Å². The molecule has 0 saturated heterocycles. The number of carbonyl (C=O) groups is 1. The van der Waals surface area contributed by atoms with Crippen LogP contribution in [0.25, 0.3) is 0 Å². The van der Waals surface area contributed by atoms with Crippen LogP contribution in [-0.4, -0.2) is 18.7 Å². The van der Waals surface area contributed by atoms with E-state index in [1.165, 1.54) is 0 Å². The molecule has 2 aromatic rings. The van der Waals surface area contributed by atoms with Gasteiger partial charge in [0.2, 0.25) is 0 Å². The van der Waals surface area contributed by atoms with Gasteiger partial charge in [0.25, 0.3) is 0 Å². The summed E-state index contributed by atoms with van der Waals surface area (Å²) in [5, 5.41) is 14.8. The van der Waals surface area contributed by atoms with Crippen molar-refractivity contribution in [2.24, 2.45) is 0 Å². The summed E-state index contributed by atoms with van der Waals surface area (Å²) in [7, 11) is 0. The van der Waals surface area contributed by atoms with Gasteiger partial charge in [-0.15, -0.1) is 0 Å². The fourth-order valence-electron chi connectivity index (χ4n) is 3.08. The Kier molecular flexibility index (Phi) is 4.90. The first-order valence-electron chi connectivity index (χ1n) is 8.37. The molecule has 0 aromatic heterocycles. The van der Waals surface area contributed by atoms with Gasteiger partial charge in [-0.3, -0.25) is 0 Å². The Morgan fingerprint density at radius 1 is 1.16 bits per heavy atom. The second kappa shape index (κ2) is 7.27. The summed E-state index contributed by atoms with van der Waals surface area (Å²) in [4.78, 5) is 12.3. The lowest BCUT2D eigenvalue weighted by molar-refractivity contribution is 0.230. The van der Waals surface area contributed by atoms with Crippen molar-refractivity contribution in [1.82, 2.24) is 10.6 Å². The highest BCUT2D eigenvalue weighted by atomic mass is 16.5. The number of hydrogen-bond acceptors (Lipinski definition) is 3. The number of benzene rings is 2. The van der Waals surface area contributed by atoms with Crippen molar-refractivity contribution < 1.29 is 9.53 Å². The molecule has 0 saturated carbocycles. The van der Waals surface area contributed by atoms with Crippen molar-refractivity contribution in [3.8, 4) is 11.8 Å². The minimum Gasteiger partial charge on any atom is -0.493 e. The van der Waals surface area contributed by atoms with Crippen LogP contribution in [0.3, 0.4) is 0 Å². The summed E-state index contributed by atoms with van der Waals surface area (Å²) in [6, 6.07) is 16.8. The monoisotopic (exact) mass is 335 g/mol. The molecule has 2 amide bonds. The van der Waals surface area contributed by atoms with E-state index in [2.05, 4.69) is 16.7 Å². The van der Waals surface area contributed by atoms with E-state index in [9.17, 15) is 4.79 Å². The molecule has 1 aliphatic heterocycles. The van der Waals surface area contributed by atoms with E-state index in [4.69, 9.17) is 10.00 Å². The molecule has 1 aliphatic rings. The largest absolute Gasteiger partial charge is 0.493 e. The van der Waals surface area contributed by atoms with Crippen molar-refractivity contribution in [1.29, 1.82) is 5.26 Å². The van der Waals surface area contributed by atoms with E-state index in [-0.39, 0.29) is 24.0 Å². The first kappa shape index (κ1) is 16.8. The molecule has 3 atom stereocenters. The normalized spacial score (nSPS) is 17.6. The highest BCUT2D eigenvalue weighted by Gasteiger charge is 2.29. The number of carbonyl (C=O) groups excluding carboxylic acids is 1. The number of amides is 2. The Hall–Kier alpha value is -3.00. The van der Waals surface area contributed by atoms with Gasteiger partial charge in [-0.1, -0.05) is 30.3 Å². The number of nitriles is 1. The van der Waals surface area contributed by atoms with Gasteiger partial charge in [0.05, 0.1) is 24.3 Å². The topological polar surface area (TPSA) is 74.2 Å². The number of nitrogens with zero attached hydrogens (tertiary/aromatic N) is 1. The second-order valence-corrected chi connectivity index (χ2v) is 6.32. The second-order valence-electron chi connectivity index (χ2n) is 6.32. The molecule has 0 fully saturated rings. The number of hydrogen-bond donors (Lipinski definition) is 2. The van der Waals surface area contributed by atoms with E-state index in [0.29, 0.717) is 12.2 Å². The predicted octanol–water partition coefficient (Wildman–Crippen LogP) is 3.48. The van der Waals surface area contributed by atoms with Gasteiger partial charge in [-0.2, -0.15) is 5.26 Å². The molecule has 0 spiro atoms. The molecule has 5 heteroatoms. The van der Waals surface area contributed by atoms with Gasteiger partial charge in [0.1, 0.15) is 5.75 Å². The average Bonchev–Trinajstić information content (AvgIpc) is 3.06. The number of urea groups is 1. The Balaban J connectivity index is 1.58. The van der Waals surface area contributed by atoms with Crippen molar-refractivity contribution in [3.63, 3.8) is 0 Å². The molecular weight excluding hydrogens is 314 g/mol. The Morgan fingerprint density at radius 2 is 1.88 bits per heavy atom. The van der Waals surface area contributed by atoms with Crippen molar-refractivity contribution in [3.05, 3.63) is 65.2 Å². The van der Waals surface area contributed by atoms with E-state index < -0.39 is 0 Å². The summed E-state index contributed by atoms with van der Waals surface area (Å²) >= 11 is 0. The minimum atomic E-state index is -0.214. The van der Waals surface area contributed by atoms with Crippen LogP contribution >= 0.6 is 0 Å². The zero-order chi connectivity index (χ0) is 17.8. The Labute approximate surface area is 147 Å². The predicted molar refractivity (Wildman–Crippen MR) is 95.4 cm³/mol. The first-order chi connectivity index (χ1) is 12.1. The van der Waals surface area contributed by atoms with Gasteiger partial charge < -0.3 is 15.4 Å². The van der Waals surface area contributed by atoms with E-state index in [0.717, 1.165) is 16.9 Å². The third-order valence-electron chi connectivity index (χ3n) is 4.59. The summed E-state index contributed by atoms with van der Waals surface area (Å²) in [6.45, 7) is 4.48. The highest BCUT2D eigenvalue weighted by molar-refractivity contribution is 5.75. The molecule has 1 heterocycles. The number of ether oxygens (including phenoxy) is 1. The summed E-state index contributed by atoms with van der Waals surface area (Å²) in [5.74, 6) is 1.04. The molecule has 0 bridgehead atoms. The van der Waals surface area contributed by atoms with Crippen LogP contribution in [0.5, 0.6) is 5.75 Å². The zero-order valence-corrected chi connectivity index (χ0v) is 14.3. The molecule has 2 N–H and O–H groups in total. The average molecular weight is 335 g/mol. The maximum Gasteiger partial charge on any atom is 0.315 e. The van der Waals surface area contributed by atoms with Crippen LogP contribution in [0.15, 0.2) is 48.5 Å². The molecule has 0 radical (unpaired) electrons. The fourth-order valence-corrected chi connectivity index (χ4v) is 3.08. The summed E-state index contributed by atoms with van der Waals surface area (Å²) in [5.41, 5.74) is 2.70. The van der Waals surface area contributed by atoms with Crippen molar-refractivity contribution >= 4 is 6.03 Å². The van der Waals surface area contributed by atoms with Crippen LogP contribution in [-0.2, 0) is 0 Å². The number of rotatable bonds is 4. The minimum absolute atomic E-state index is 0.0446. The highest BCUT2D eigenvalue weighted by Crippen LogP contribution is 2.35. The van der Waals surface area contributed by atoms with Crippen LogP contribution < -0.4 is 15.4 Å². The van der Waals surface area contributed by atoms with E-state index in [1.807, 2.05) is 50.2 Å². The lowest BCUT2D eigenvalue weighted by Gasteiger charge is -2.22. The standard InChI is InChI=1S/C20H21N3O2/c1-13(16-9-7-15(11-21)8-10-16)22-20(24)23-14(2)18-12-25-19-6-4-3-5-17(18)19/h3-10,13-14,18H,12H2,1-2H3,(H2,22,23,24)/t13-,14+,18+/m0/s1. The maximum atomic E-state index is 12.3. The molecule has 25 heavy (non-hydrogen) atoms. The van der Waals surface area contributed by atoms with Crippen LogP contribution in [0.2, 0.25) is 0 Å². The molecular formula is C20H21N3O2. The maximum absolute atomic E-state index is 12.3. The third kappa shape index (κ3) is 3.74. The quantitative estimate of drug-likeness (QED) is 0.898. The Morgan fingerprint density at radius 3 is 2.60 bits per heavy atom. The molecule has 0 unspecified atom stereocenters. The Bertz CT molecular complexity index is 795. The smallest absolute Gasteiger partial charge is 0.315 e. The number of para-hydroxylation sites is 1. The molecule has 128 valence electrons. The molecule has 2 aromatic carbocycles. The summed E-state index contributed by atoms with van der Waals surface area (Å²) in [6.07, 6.45) is 0. The molecule has 3 rings (SSSR count). The zero-order valence-electron chi connectivity index (χ0n) is 14.3.